The zero-order valence-corrected chi connectivity index (χ0v) is 11.0. The minimum atomic E-state index is 0.0476. The molecule has 2 heterocycles. The monoisotopic (exact) mass is 255 g/mol. The first-order valence-corrected chi connectivity index (χ1v) is 6.60. The second kappa shape index (κ2) is 4.88. The molecule has 1 atom stereocenters. The van der Waals surface area contributed by atoms with Crippen LogP contribution in [0.3, 0.4) is 0 Å². The van der Waals surface area contributed by atoms with Crippen molar-refractivity contribution in [1.82, 2.24) is 10.3 Å². The standard InChI is InChI=1S/C15H17N3O/c1-11(19)17-12-7-9-18(10-12)15-6-8-16-14-5-3-2-4-13(14)15/h2-6,8,12H,7,9-10H2,1H3,(H,17,19). The average molecular weight is 255 g/mol. The van der Waals surface area contributed by atoms with Crippen molar-refractivity contribution in [3.8, 4) is 0 Å². The van der Waals surface area contributed by atoms with Crippen molar-refractivity contribution in [1.29, 1.82) is 0 Å². The Bertz CT molecular complexity index is 606. The Morgan fingerprint density at radius 3 is 3.05 bits per heavy atom. The van der Waals surface area contributed by atoms with Crippen molar-refractivity contribution in [3.63, 3.8) is 0 Å². The van der Waals surface area contributed by atoms with E-state index in [1.165, 1.54) is 11.1 Å². The van der Waals surface area contributed by atoms with Gasteiger partial charge in [-0.25, -0.2) is 0 Å². The maximum absolute atomic E-state index is 11.1. The molecule has 1 aliphatic heterocycles. The lowest BCUT2D eigenvalue weighted by molar-refractivity contribution is -0.119. The molecule has 1 aromatic heterocycles. The van der Waals surface area contributed by atoms with Crippen LogP contribution in [0.5, 0.6) is 0 Å². The number of benzene rings is 1. The van der Waals surface area contributed by atoms with Gasteiger partial charge >= 0.3 is 0 Å². The van der Waals surface area contributed by atoms with Gasteiger partial charge in [0.2, 0.25) is 5.91 Å². The summed E-state index contributed by atoms with van der Waals surface area (Å²) in [7, 11) is 0. The molecule has 3 rings (SSSR count). The van der Waals surface area contributed by atoms with E-state index in [2.05, 4.69) is 27.3 Å². The lowest BCUT2D eigenvalue weighted by atomic mass is 10.2. The molecule has 98 valence electrons. The van der Waals surface area contributed by atoms with Gasteiger partial charge in [-0.05, 0) is 18.6 Å². The Labute approximate surface area is 112 Å². The fraction of sp³-hybridized carbons (Fsp3) is 0.333. The van der Waals surface area contributed by atoms with E-state index in [0.717, 1.165) is 25.0 Å². The Hall–Kier alpha value is -2.10. The molecule has 1 unspecified atom stereocenters. The normalized spacial score (nSPS) is 18.8. The summed E-state index contributed by atoms with van der Waals surface area (Å²) in [6.07, 6.45) is 2.85. The van der Waals surface area contributed by atoms with Crippen LogP contribution >= 0.6 is 0 Å². The zero-order chi connectivity index (χ0) is 13.2. The Balaban J connectivity index is 1.87. The smallest absolute Gasteiger partial charge is 0.217 e. The van der Waals surface area contributed by atoms with E-state index in [9.17, 15) is 4.79 Å². The maximum Gasteiger partial charge on any atom is 0.217 e. The number of hydrogen-bond donors (Lipinski definition) is 1. The summed E-state index contributed by atoms with van der Waals surface area (Å²) >= 11 is 0. The molecule has 4 heteroatoms. The Morgan fingerprint density at radius 1 is 1.37 bits per heavy atom. The number of para-hydroxylation sites is 1. The SMILES string of the molecule is CC(=O)NC1CCN(c2ccnc3ccccc23)C1. The zero-order valence-electron chi connectivity index (χ0n) is 11.0. The third-order valence-corrected chi connectivity index (χ3v) is 3.56. The number of pyridine rings is 1. The molecule has 1 N–H and O–H groups in total. The summed E-state index contributed by atoms with van der Waals surface area (Å²) in [5, 5.41) is 4.17. The molecule has 1 aromatic carbocycles. The van der Waals surface area contributed by atoms with Gasteiger partial charge in [0.1, 0.15) is 0 Å². The van der Waals surface area contributed by atoms with Crippen LogP contribution in [0.4, 0.5) is 5.69 Å². The van der Waals surface area contributed by atoms with Crippen LogP contribution in [0.15, 0.2) is 36.5 Å². The van der Waals surface area contributed by atoms with E-state index >= 15 is 0 Å². The predicted molar refractivity (Wildman–Crippen MR) is 76.2 cm³/mol. The van der Waals surface area contributed by atoms with Gasteiger partial charge in [-0.2, -0.15) is 0 Å². The highest BCUT2D eigenvalue weighted by atomic mass is 16.1. The van der Waals surface area contributed by atoms with E-state index in [0.29, 0.717) is 0 Å². The maximum atomic E-state index is 11.1. The number of nitrogens with one attached hydrogen (secondary N) is 1. The van der Waals surface area contributed by atoms with Crippen molar-refractivity contribution in [2.24, 2.45) is 0 Å². The quantitative estimate of drug-likeness (QED) is 0.892. The first-order chi connectivity index (χ1) is 9.24. The molecule has 1 amide bonds. The van der Waals surface area contributed by atoms with E-state index in [1.54, 1.807) is 6.92 Å². The second-order valence-electron chi connectivity index (χ2n) is 4.98. The van der Waals surface area contributed by atoms with Gasteiger partial charge in [-0.3, -0.25) is 9.78 Å². The van der Waals surface area contributed by atoms with Crippen LogP contribution in [0.25, 0.3) is 10.9 Å². The van der Waals surface area contributed by atoms with Gasteiger partial charge < -0.3 is 10.2 Å². The van der Waals surface area contributed by atoms with Crippen LogP contribution in [0.1, 0.15) is 13.3 Å². The molecular formula is C15H17N3O. The van der Waals surface area contributed by atoms with E-state index in [-0.39, 0.29) is 11.9 Å². The molecule has 2 aromatic rings. The van der Waals surface area contributed by atoms with Crippen molar-refractivity contribution in [3.05, 3.63) is 36.5 Å². The van der Waals surface area contributed by atoms with Crippen molar-refractivity contribution in [2.45, 2.75) is 19.4 Å². The summed E-state index contributed by atoms with van der Waals surface area (Å²) in [5.41, 5.74) is 2.22. The summed E-state index contributed by atoms with van der Waals surface area (Å²) in [4.78, 5) is 17.8. The fourth-order valence-corrected chi connectivity index (χ4v) is 2.74. The van der Waals surface area contributed by atoms with Crippen LogP contribution in [0, 0.1) is 0 Å². The highest BCUT2D eigenvalue weighted by Crippen LogP contribution is 2.27. The van der Waals surface area contributed by atoms with Gasteiger partial charge in [0.25, 0.3) is 0 Å². The van der Waals surface area contributed by atoms with Gasteiger partial charge in [0.05, 0.1) is 5.52 Å². The number of carbonyl (C=O) groups excluding carboxylic acids is 1. The molecular weight excluding hydrogens is 238 g/mol. The summed E-state index contributed by atoms with van der Waals surface area (Å²) in [6.45, 7) is 3.41. The van der Waals surface area contributed by atoms with Gasteiger partial charge in [-0.15, -0.1) is 0 Å². The lowest BCUT2D eigenvalue weighted by Crippen LogP contribution is -2.35. The number of aromatic nitrogens is 1. The van der Waals surface area contributed by atoms with Crippen LogP contribution in [0.2, 0.25) is 0 Å². The molecule has 1 fully saturated rings. The Morgan fingerprint density at radius 2 is 2.21 bits per heavy atom. The number of fused-ring (bicyclic) bond motifs is 1. The Kier molecular flexibility index (Phi) is 3.07. The average Bonchev–Trinajstić information content (AvgIpc) is 2.85. The van der Waals surface area contributed by atoms with E-state index < -0.39 is 0 Å². The van der Waals surface area contributed by atoms with Gasteiger partial charge in [0.15, 0.2) is 0 Å². The number of rotatable bonds is 2. The van der Waals surface area contributed by atoms with Crippen LogP contribution < -0.4 is 10.2 Å². The molecule has 19 heavy (non-hydrogen) atoms. The van der Waals surface area contributed by atoms with Crippen molar-refractivity contribution in [2.75, 3.05) is 18.0 Å². The number of anilines is 1. The lowest BCUT2D eigenvalue weighted by Gasteiger charge is -2.20. The topological polar surface area (TPSA) is 45.2 Å². The number of carbonyl (C=O) groups is 1. The van der Waals surface area contributed by atoms with Gasteiger partial charge in [0, 0.05) is 43.3 Å². The number of hydrogen-bond acceptors (Lipinski definition) is 3. The van der Waals surface area contributed by atoms with Crippen LogP contribution in [-0.4, -0.2) is 30.0 Å². The molecule has 0 bridgehead atoms. The first-order valence-electron chi connectivity index (χ1n) is 6.60. The van der Waals surface area contributed by atoms with Gasteiger partial charge in [-0.1, -0.05) is 18.2 Å². The second-order valence-corrected chi connectivity index (χ2v) is 4.98. The largest absolute Gasteiger partial charge is 0.369 e. The first kappa shape index (κ1) is 12.0. The number of nitrogens with zero attached hydrogens (tertiary/aromatic N) is 2. The molecule has 4 nitrogen and oxygen atoms in total. The summed E-state index contributed by atoms with van der Waals surface area (Å²) < 4.78 is 0. The predicted octanol–water partition coefficient (Wildman–Crippen LogP) is 1.95. The van der Waals surface area contributed by atoms with E-state index in [1.807, 2.05) is 24.4 Å². The minimum absolute atomic E-state index is 0.0476. The molecule has 1 aliphatic rings. The fourth-order valence-electron chi connectivity index (χ4n) is 2.74. The minimum Gasteiger partial charge on any atom is -0.369 e. The number of amides is 1. The third kappa shape index (κ3) is 2.38. The van der Waals surface area contributed by atoms with Crippen molar-refractivity contribution >= 4 is 22.5 Å². The molecule has 0 spiro atoms. The molecule has 0 aliphatic carbocycles. The van der Waals surface area contributed by atoms with E-state index in [4.69, 9.17) is 0 Å². The van der Waals surface area contributed by atoms with Crippen LogP contribution in [-0.2, 0) is 4.79 Å². The molecule has 0 radical (unpaired) electrons. The summed E-state index contributed by atoms with van der Waals surface area (Å²) in [5.74, 6) is 0.0476. The molecule has 0 saturated carbocycles. The van der Waals surface area contributed by atoms with Crippen molar-refractivity contribution < 1.29 is 4.79 Å². The summed E-state index contributed by atoms with van der Waals surface area (Å²) in [6, 6.07) is 10.5. The third-order valence-electron chi connectivity index (χ3n) is 3.56. The molecule has 1 saturated heterocycles. The highest BCUT2D eigenvalue weighted by Gasteiger charge is 2.24. The highest BCUT2D eigenvalue weighted by molar-refractivity contribution is 5.91.